The number of carbonyl (C=O) groups excluding carboxylic acids is 3. The van der Waals surface area contributed by atoms with Crippen molar-refractivity contribution >= 4 is 50.9 Å². The summed E-state index contributed by atoms with van der Waals surface area (Å²) in [5.41, 5.74) is 19.1. The molecule has 0 saturated heterocycles. The molecule has 0 fully saturated rings. The number of nitrogens with two attached hydrogens (primary N) is 3. The normalized spacial score (nSPS) is 11.8. The lowest BCUT2D eigenvalue weighted by Gasteiger charge is -2.16. The van der Waals surface area contributed by atoms with Gasteiger partial charge in [-0.15, -0.1) is 0 Å². The van der Waals surface area contributed by atoms with Crippen LogP contribution in [0.5, 0.6) is 5.75 Å². The number of anilines is 2. The van der Waals surface area contributed by atoms with Gasteiger partial charge in [0.1, 0.15) is 17.1 Å². The van der Waals surface area contributed by atoms with E-state index in [1.54, 1.807) is 17.6 Å². The molecule has 0 atom stereocenters. The molecule has 7 N–H and O–H groups in total. The number of hydrogen-bond donors (Lipinski definition) is 4. The van der Waals surface area contributed by atoms with E-state index in [4.69, 9.17) is 26.4 Å². The van der Waals surface area contributed by atoms with Gasteiger partial charge in [-0.25, -0.2) is 15.0 Å². The fourth-order valence-corrected chi connectivity index (χ4v) is 5.04. The number of allylic oxidation sites excluding steroid dienone is 1. The van der Waals surface area contributed by atoms with Crippen molar-refractivity contribution in [1.82, 2.24) is 19.5 Å². The van der Waals surface area contributed by atoms with Crippen LogP contribution in [0.1, 0.15) is 69.7 Å². The number of thiazole rings is 1. The molecule has 3 amide bonds. The van der Waals surface area contributed by atoms with Crippen LogP contribution in [-0.4, -0.2) is 50.4 Å². The third-order valence-corrected chi connectivity index (χ3v) is 7.17. The highest BCUT2D eigenvalue weighted by Gasteiger charge is 2.19. The number of nitrogens with zero attached hydrogens (tertiary/aromatic N) is 5. The fourth-order valence-electron chi connectivity index (χ4n) is 4.07. The fraction of sp³-hybridized carbons (Fsp3) is 0.321. The number of primary amides is 2. The number of carbonyl (C=O) groups is 3. The van der Waals surface area contributed by atoms with Crippen LogP contribution in [0.3, 0.4) is 0 Å². The van der Waals surface area contributed by atoms with Gasteiger partial charge in [-0.2, -0.15) is 4.99 Å². The van der Waals surface area contributed by atoms with Gasteiger partial charge in [0.2, 0.25) is 11.7 Å². The molecular formula is C28H33N9O5S. The molecule has 14 nitrogen and oxygen atoms in total. The van der Waals surface area contributed by atoms with Crippen molar-refractivity contribution in [1.29, 1.82) is 0 Å². The van der Waals surface area contributed by atoms with Crippen molar-refractivity contribution in [2.45, 2.75) is 46.6 Å². The number of aromatic nitrogens is 4. The maximum atomic E-state index is 13.1. The minimum Gasteiger partial charge on any atom is -0.491 e. The summed E-state index contributed by atoms with van der Waals surface area (Å²) in [5, 5.41) is 3.22. The van der Waals surface area contributed by atoms with Crippen LogP contribution in [0.15, 0.2) is 39.9 Å². The molecule has 0 bridgehead atoms. The molecule has 0 saturated carbocycles. The minimum absolute atomic E-state index is 0.00505. The average Bonchev–Trinajstić information content (AvgIpc) is 3.52. The highest BCUT2D eigenvalue weighted by molar-refractivity contribution is 7.15. The van der Waals surface area contributed by atoms with E-state index in [1.807, 2.05) is 26.0 Å². The van der Waals surface area contributed by atoms with Crippen LogP contribution >= 0.6 is 11.3 Å². The number of amides is 3. The van der Waals surface area contributed by atoms with Crippen molar-refractivity contribution in [3.8, 4) is 5.75 Å². The first kappa shape index (κ1) is 30.9. The van der Waals surface area contributed by atoms with E-state index < -0.39 is 17.7 Å². The Kier molecular flexibility index (Phi) is 9.87. The predicted molar refractivity (Wildman–Crippen MR) is 162 cm³/mol. The van der Waals surface area contributed by atoms with Crippen molar-refractivity contribution in [2.75, 3.05) is 24.2 Å². The highest BCUT2D eigenvalue weighted by atomic mass is 32.1. The van der Waals surface area contributed by atoms with Gasteiger partial charge >= 0.3 is 5.91 Å². The Labute approximate surface area is 250 Å². The topological polar surface area (TPSA) is 220 Å². The van der Waals surface area contributed by atoms with Crippen LogP contribution in [0.25, 0.3) is 10.5 Å². The Hall–Kier alpha value is -5.05. The van der Waals surface area contributed by atoms with Crippen LogP contribution in [-0.2, 0) is 13.0 Å². The van der Waals surface area contributed by atoms with E-state index in [9.17, 15) is 14.4 Å². The zero-order chi connectivity index (χ0) is 31.1. The Morgan fingerprint density at radius 1 is 1.16 bits per heavy atom. The van der Waals surface area contributed by atoms with E-state index in [2.05, 4.69) is 25.3 Å². The molecule has 3 heterocycles. The zero-order valence-corrected chi connectivity index (χ0v) is 24.9. The van der Waals surface area contributed by atoms with E-state index in [1.165, 1.54) is 12.3 Å². The lowest BCUT2D eigenvalue weighted by molar-refractivity contribution is 0.0966. The molecule has 0 aliphatic rings. The van der Waals surface area contributed by atoms with Gasteiger partial charge < -0.3 is 31.7 Å². The largest absolute Gasteiger partial charge is 0.491 e. The van der Waals surface area contributed by atoms with Crippen molar-refractivity contribution in [3.63, 3.8) is 0 Å². The van der Waals surface area contributed by atoms with Gasteiger partial charge in [-0.1, -0.05) is 43.8 Å². The summed E-state index contributed by atoms with van der Waals surface area (Å²) in [6, 6.07) is 3.07. The van der Waals surface area contributed by atoms with Crippen LogP contribution < -0.4 is 32.1 Å². The number of benzene rings is 1. The Morgan fingerprint density at radius 2 is 1.95 bits per heavy atom. The molecule has 1 aromatic carbocycles. The number of nitrogen functional groups attached to an aromatic ring is 1. The Morgan fingerprint density at radius 3 is 2.65 bits per heavy atom. The Balaban J connectivity index is 1.60. The van der Waals surface area contributed by atoms with Crippen LogP contribution in [0.2, 0.25) is 0 Å². The summed E-state index contributed by atoms with van der Waals surface area (Å²) in [4.78, 5) is 54.3. The second kappa shape index (κ2) is 13.7. The maximum absolute atomic E-state index is 13.1. The molecule has 0 unspecified atom stereocenters. The van der Waals surface area contributed by atoms with E-state index >= 15 is 0 Å². The first-order valence-electron chi connectivity index (χ1n) is 13.6. The van der Waals surface area contributed by atoms with E-state index in [0.717, 1.165) is 24.2 Å². The van der Waals surface area contributed by atoms with E-state index in [0.29, 0.717) is 63.6 Å². The standard InChI is InChI=1S/C28H33N9O5S/c1-4-6-11-41-20-13-16(23(30)38)12-17(29)21(20)32-9-7-8-10-37-25-27(35-19(14-33-25)24(31)39)43-28(37)36-26(40)22-18(5-2)34-15(3)42-22/h7-8,12-14,32H,4-6,9-11,29H2,1-3H3,(H2,30,38)(H2,31,39)/b8-7+,36-28?. The summed E-state index contributed by atoms with van der Waals surface area (Å²) in [6.07, 6.45) is 7.24. The SMILES string of the molecule is CCCCOc1cc(C(N)=O)cc(N)c1NC/C=C/Cn1c(=NC(=O)c2oc(C)nc2CC)sc2nc(C(N)=O)cnc21. The lowest BCUT2D eigenvalue weighted by atomic mass is 10.1. The molecule has 0 aliphatic carbocycles. The maximum Gasteiger partial charge on any atom is 0.317 e. The molecule has 0 spiro atoms. The number of ether oxygens (including phenoxy) is 1. The molecule has 4 rings (SSSR count). The van der Waals surface area contributed by atoms with Gasteiger partial charge in [-0.3, -0.25) is 19.0 Å². The molecule has 43 heavy (non-hydrogen) atoms. The number of nitrogens with one attached hydrogen (secondary N) is 1. The zero-order valence-electron chi connectivity index (χ0n) is 24.0. The first-order chi connectivity index (χ1) is 20.6. The number of aryl methyl sites for hydroxylation is 2. The molecule has 0 radical (unpaired) electrons. The summed E-state index contributed by atoms with van der Waals surface area (Å²) in [6.45, 7) is 6.66. The molecule has 3 aromatic heterocycles. The second-order valence-corrected chi connectivity index (χ2v) is 10.3. The third kappa shape index (κ3) is 7.24. The summed E-state index contributed by atoms with van der Waals surface area (Å²) in [7, 11) is 0. The van der Waals surface area contributed by atoms with Crippen LogP contribution in [0.4, 0.5) is 11.4 Å². The second-order valence-electron chi connectivity index (χ2n) is 9.38. The quantitative estimate of drug-likeness (QED) is 0.0988. The summed E-state index contributed by atoms with van der Waals surface area (Å²) < 4.78 is 13.1. The number of rotatable bonds is 13. The molecule has 4 aromatic rings. The number of oxazole rings is 1. The third-order valence-electron chi connectivity index (χ3n) is 6.20. The van der Waals surface area contributed by atoms with Gasteiger partial charge in [0, 0.05) is 25.6 Å². The van der Waals surface area contributed by atoms with Crippen molar-refractivity contribution < 1.29 is 23.5 Å². The molecular weight excluding hydrogens is 574 g/mol. The number of unbranched alkanes of at least 4 members (excludes halogenated alkanes) is 1. The molecule has 226 valence electrons. The highest BCUT2D eigenvalue weighted by Crippen LogP contribution is 2.32. The predicted octanol–water partition coefficient (Wildman–Crippen LogP) is 2.72. The Bertz CT molecular complexity index is 1770. The molecule has 15 heteroatoms. The molecule has 0 aliphatic heterocycles. The van der Waals surface area contributed by atoms with Gasteiger partial charge in [0.15, 0.2) is 21.2 Å². The summed E-state index contributed by atoms with van der Waals surface area (Å²) in [5.74, 6) is -1.05. The van der Waals surface area contributed by atoms with Crippen molar-refractivity contribution in [2.24, 2.45) is 16.5 Å². The first-order valence-corrected chi connectivity index (χ1v) is 14.4. The van der Waals surface area contributed by atoms with Gasteiger partial charge in [0.05, 0.1) is 24.2 Å². The number of fused-ring (bicyclic) bond motifs is 1. The van der Waals surface area contributed by atoms with Crippen LogP contribution in [0, 0.1) is 6.92 Å². The number of hydrogen-bond acceptors (Lipinski definition) is 11. The monoisotopic (exact) mass is 607 g/mol. The van der Waals surface area contributed by atoms with Gasteiger partial charge in [0.25, 0.3) is 5.91 Å². The summed E-state index contributed by atoms with van der Waals surface area (Å²) >= 11 is 1.09. The van der Waals surface area contributed by atoms with E-state index in [-0.39, 0.29) is 23.6 Å². The lowest BCUT2D eigenvalue weighted by Crippen LogP contribution is -2.18. The van der Waals surface area contributed by atoms with Gasteiger partial charge in [-0.05, 0) is 25.0 Å². The van der Waals surface area contributed by atoms with Crippen molar-refractivity contribution in [3.05, 3.63) is 63.9 Å². The average molecular weight is 608 g/mol. The smallest absolute Gasteiger partial charge is 0.317 e. The minimum atomic E-state index is -0.721.